The summed E-state index contributed by atoms with van der Waals surface area (Å²) in [7, 11) is 0. The molecular formula is C15H21N5S. The van der Waals surface area contributed by atoms with Crippen LogP contribution in [-0.2, 0) is 5.75 Å². The van der Waals surface area contributed by atoms with Gasteiger partial charge >= 0.3 is 0 Å². The van der Waals surface area contributed by atoms with Crippen LogP contribution in [-0.4, -0.2) is 14.9 Å². The predicted molar refractivity (Wildman–Crippen MR) is 86.4 cm³/mol. The van der Waals surface area contributed by atoms with Gasteiger partial charge in [0.25, 0.3) is 0 Å². The Morgan fingerprint density at radius 3 is 2.52 bits per heavy atom. The smallest absolute Gasteiger partial charge is 0.210 e. The fourth-order valence-electron chi connectivity index (χ4n) is 2.79. The molecule has 5 nitrogen and oxygen atoms in total. The van der Waals surface area contributed by atoms with Gasteiger partial charge in [-0.15, -0.1) is 10.2 Å². The van der Waals surface area contributed by atoms with Gasteiger partial charge in [-0.3, -0.25) is 0 Å². The van der Waals surface area contributed by atoms with Crippen LogP contribution in [0.4, 0.5) is 5.69 Å². The molecule has 4 N–H and O–H groups in total. The zero-order valence-corrected chi connectivity index (χ0v) is 12.9. The van der Waals surface area contributed by atoms with Crippen LogP contribution in [0.2, 0.25) is 0 Å². The number of anilines is 1. The highest BCUT2D eigenvalue weighted by atomic mass is 32.2. The van der Waals surface area contributed by atoms with Crippen LogP contribution in [0.5, 0.6) is 0 Å². The molecule has 1 heterocycles. The van der Waals surface area contributed by atoms with E-state index in [0.717, 1.165) is 22.4 Å². The Morgan fingerprint density at radius 2 is 1.81 bits per heavy atom. The van der Waals surface area contributed by atoms with Gasteiger partial charge in [0.2, 0.25) is 5.16 Å². The number of nitrogen functional groups attached to an aromatic ring is 2. The van der Waals surface area contributed by atoms with E-state index >= 15 is 0 Å². The lowest BCUT2D eigenvalue weighted by atomic mass is 9.89. The fourth-order valence-corrected chi connectivity index (χ4v) is 3.61. The van der Waals surface area contributed by atoms with Crippen molar-refractivity contribution in [1.82, 2.24) is 14.9 Å². The maximum atomic E-state index is 6.17. The summed E-state index contributed by atoms with van der Waals surface area (Å²) in [6.45, 7) is 0. The molecule has 2 aromatic rings. The number of hydrogen-bond acceptors (Lipinski definition) is 5. The van der Waals surface area contributed by atoms with Crippen molar-refractivity contribution in [3.05, 3.63) is 35.7 Å². The third kappa shape index (κ3) is 3.32. The van der Waals surface area contributed by atoms with Gasteiger partial charge in [-0.1, -0.05) is 43.2 Å². The lowest BCUT2D eigenvalue weighted by Gasteiger charge is -2.20. The minimum absolute atomic E-state index is 0.474. The van der Waals surface area contributed by atoms with Gasteiger partial charge in [0.05, 0.1) is 0 Å². The molecule has 3 rings (SSSR count). The Morgan fingerprint density at radius 1 is 1.10 bits per heavy atom. The summed E-state index contributed by atoms with van der Waals surface area (Å²) < 4.78 is 1.68. The van der Waals surface area contributed by atoms with Crippen molar-refractivity contribution in [2.75, 3.05) is 11.6 Å². The number of nitrogens with zero attached hydrogens (tertiary/aromatic N) is 3. The molecule has 1 aliphatic rings. The van der Waals surface area contributed by atoms with E-state index in [0.29, 0.717) is 5.92 Å². The Bertz CT molecular complexity index is 587. The Kier molecular flexibility index (Phi) is 4.34. The van der Waals surface area contributed by atoms with Gasteiger partial charge in [0, 0.05) is 17.4 Å². The van der Waals surface area contributed by atoms with Crippen LogP contribution in [0.15, 0.2) is 29.4 Å². The van der Waals surface area contributed by atoms with Crippen molar-refractivity contribution < 1.29 is 0 Å². The summed E-state index contributed by atoms with van der Waals surface area (Å²) in [6, 6.07) is 7.89. The minimum Gasteiger partial charge on any atom is -0.399 e. The Hall–Kier alpha value is -1.69. The number of rotatable bonds is 4. The Balaban J connectivity index is 1.66. The van der Waals surface area contributed by atoms with Crippen LogP contribution < -0.4 is 11.6 Å². The normalized spacial score (nSPS) is 16.2. The first kappa shape index (κ1) is 14.3. The quantitative estimate of drug-likeness (QED) is 0.515. The SMILES string of the molecule is Nc1ccc(CSc2nnc(C3CCCCC3)n2N)cc1. The van der Waals surface area contributed by atoms with Gasteiger partial charge < -0.3 is 11.6 Å². The maximum Gasteiger partial charge on any atom is 0.210 e. The van der Waals surface area contributed by atoms with E-state index in [2.05, 4.69) is 10.2 Å². The fraction of sp³-hybridized carbons (Fsp3) is 0.467. The largest absolute Gasteiger partial charge is 0.399 e. The molecule has 0 atom stereocenters. The first-order valence-electron chi connectivity index (χ1n) is 7.41. The number of nitrogens with two attached hydrogens (primary N) is 2. The summed E-state index contributed by atoms with van der Waals surface area (Å²) in [5.74, 6) is 8.41. The molecule has 0 amide bonds. The average molecular weight is 303 g/mol. The van der Waals surface area contributed by atoms with Crippen LogP contribution in [0.25, 0.3) is 0 Å². The van der Waals surface area contributed by atoms with Crippen LogP contribution in [0.3, 0.4) is 0 Å². The second-order valence-electron chi connectivity index (χ2n) is 5.58. The topological polar surface area (TPSA) is 82.8 Å². The first-order valence-corrected chi connectivity index (χ1v) is 8.40. The summed E-state index contributed by atoms with van der Waals surface area (Å²) in [5, 5.41) is 9.35. The van der Waals surface area contributed by atoms with Gasteiger partial charge in [-0.25, -0.2) is 4.68 Å². The lowest BCUT2D eigenvalue weighted by Crippen LogP contribution is -2.18. The molecular weight excluding hydrogens is 282 g/mol. The van der Waals surface area contributed by atoms with Crippen LogP contribution in [0, 0.1) is 0 Å². The third-order valence-electron chi connectivity index (χ3n) is 4.01. The highest BCUT2D eigenvalue weighted by molar-refractivity contribution is 7.98. The zero-order valence-electron chi connectivity index (χ0n) is 12.0. The number of benzene rings is 1. The van der Waals surface area contributed by atoms with E-state index in [4.69, 9.17) is 11.6 Å². The van der Waals surface area contributed by atoms with Crippen molar-refractivity contribution in [2.24, 2.45) is 0 Å². The van der Waals surface area contributed by atoms with Crippen molar-refractivity contribution in [2.45, 2.75) is 48.9 Å². The van der Waals surface area contributed by atoms with Gasteiger partial charge in [0.15, 0.2) is 5.82 Å². The highest BCUT2D eigenvalue weighted by Crippen LogP contribution is 2.32. The summed E-state index contributed by atoms with van der Waals surface area (Å²) >= 11 is 1.61. The molecule has 1 aliphatic carbocycles. The van der Waals surface area contributed by atoms with E-state index < -0.39 is 0 Å². The average Bonchev–Trinajstić information content (AvgIpc) is 2.89. The first-order chi connectivity index (χ1) is 10.2. The second-order valence-corrected chi connectivity index (χ2v) is 6.52. The molecule has 6 heteroatoms. The standard InChI is InChI=1S/C15H21N5S/c16-13-8-6-11(7-9-13)10-21-15-19-18-14(20(15)17)12-4-2-1-3-5-12/h6-9,12H,1-5,10,16-17H2. The van der Waals surface area contributed by atoms with Crippen LogP contribution in [0.1, 0.15) is 49.4 Å². The van der Waals surface area contributed by atoms with Crippen molar-refractivity contribution in [3.63, 3.8) is 0 Å². The van der Waals surface area contributed by atoms with E-state index in [9.17, 15) is 0 Å². The van der Waals surface area contributed by atoms with Gasteiger partial charge in [-0.2, -0.15) is 0 Å². The van der Waals surface area contributed by atoms with Crippen LogP contribution >= 0.6 is 11.8 Å². The molecule has 21 heavy (non-hydrogen) atoms. The maximum absolute atomic E-state index is 6.17. The van der Waals surface area contributed by atoms with E-state index in [1.165, 1.54) is 37.7 Å². The van der Waals surface area contributed by atoms with Gasteiger partial charge in [0.1, 0.15) is 0 Å². The minimum atomic E-state index is 0.474. The molecule has 1 saturated carbocycles. The predicted octanol–water partition coefficient (Wildman–Crippen LogP) is 2.91. The molecule has 0 unspecified atom stereocenters. The number of aromatic nitrogens is 3. The molecule has 1 aromatic heterocycles. The van der Waals surface area contributed by atoms with Crippen molar-refractivity contribution >= 4 is 17.4 Å². The molecule has 112 valence electrons. The Labute approximate surface area is 129 Å². The molecule has 0 aliphatic heterocycles. The molecule has 0 radical (unpaired) electrons. The molecule has 1 aromatic carbocycles. The number of hydrogen-bond donors (Lipinski definition) is 2. The summed E-state index contributed by atoms with van der Waals surface area (Å²) in [4.78, 5) is 0. The number of thioether (sulfide) groups is 1. The summed E-state index contributed by atoms with van der Waals surface area (Å²) in [5.41, 5.74) is 7.68. The molecule has 0 bridgehead atoms. The third-order valence-corrected chi connectivity index (χ3v) is 5.02. The molecule has 0 saturated heterocycles. The van der Waals surface area contributed by atoms with Gasteiger partial charge in [-0.05, 0) is 30.5 Å². The lowest BCUT2D eigenvalue weighted by molar-refractivity contribution is 0.421. The summed E-state index contributed by atoms with van der Waals surface area (Å²) in [6.07, 6.45) is 6.22. The zero-order chi connectivity index (χ0) is 14.7. The van der Waals surface area contributed by atoms with E-state index in [-0.39, 0.29) is 0 Å². The monoisotopic (exact) mass is 303 g/mol. The highest BCUT2D eigenvalue weighted by Gasteiger charge is 2.22. The molecule has 0 spiro atoms. The van der Waals surface area contributed by atoms with Crippen molar-refractivity contribution in [1.29, 1.82) is 0 Å². The van der Waals surface area contributed by atoms with Crippen molar-refractivity contribution in [3.8, 4) is 0 Å². The van der Waals surface area contributed by atoms with E-state index in [1.807, 2.05) is 24.3 Å². The second kappa shape index (κ2) is 6.39. The van der Waals surface area contributed by atoms with E-state index in [1.54, 1.807) is 16.4 Å². The molecule has 1 fully saturated rings.